The standard InChI is InChI=1S/C14H20N3O2S.ClH/c1-8-4-9(2)16-14(15)11(8)5-17-7-20-13(10(17)3)12(19)6-18;/h4,7,12,18-19H,5-6H2,1-3H3,(H2,15,16);1H/q+1;/p-1. The first-order valence-electron chi connectivity index (χ1n) is 6.43. The number of nitrogen functional groups attached to an aromatic ring is 1. The smallest absolute Gasteiger partial charge is 0.225 e. The monoisotopic (exact) mass is 329 g/mol. The van der Waals surface area contributed by atoms with Gasteiger partial charge in [-0.15, -0.1) is 0 Å². The van der Waals surface area contributed by atoms with Crippen LogP contribution < -0.4 is 22.7 Å². The van der Waals surface area contributed by atoms with Gasteiger partial charge in [-0.1, -0.05) is 11.3 Å². The lowest BCUT2D eigenvalue weighted by Gasteiger charge is -2.07. The second kappa shape index (κ2) is 7.17. The molecule has 0 aliphatic rings. The molecule has 1 atom stereocenters. The fourth-order valence-corrected chi connectivity index (χ4v) is 3.25. The van der Waals surface area contributed by atoms with E-state index in [0.29, 0.717) is 12.4 Å². The molecule has 0 bridgehead atoms. The maximum absolute atomic E-state index is 9.75. The largest absolute Gasteiger partial charge is 1.00 e. The van der Waals surface area contributed by atoms with Crippen molar-refractivity contribution in [2.45, 2.75) is 33.4 Å². The van der Waals surface area contributed by atoms with Crippen LogP contribution in [-0.4, -0.2) is 21.8 Å². The Kier molecular flexibility index (Phi) is 6.10. The van der Waals surface area contributed by atoms with E-state index < -0.39 is 6.10 Å². The van der Waals surface area contributed by atoms with Crippen molar-refractivity contribution in [3.8, 4) is 0 Å². The Labute approximate surface area is 134 Å². The Morgan fingerprint density at radius 2 is 2.05 bits per heavy atom. The Bertz CT molecular complexity index is 608. The molecule has 0 aliphatic carbocycles. The third-order valence-corrected chi connectivity index (χ3v) is 4.59. The van der Waals surface area contributed by atoms with Crippen molar-refractivity contribution in [3.63, 3.8) is 0 Å². The number of anilines is 1. The molecule has 0 amide bonds. The van der Waals surface area contributed by atoms with Gasteiger partial charge in [-0.2, -0.15) is 4.57 Å². The van der Waals surface area contributed by atoms with Crippen LogP contribution in [0.15, 0.2) is 11.6 Å². The highest BCUT2D eigenvalue weighted by atomic mass is 35.5. The van der Waals surface area contributed by atoms with Crippen molar-refractivity contribution in [1.82, 2.24) is 4.98 Å². The number of hydrogen-bond donors (Lipinski definition) is 3. The normalized spacial score (nSPS) is 12.0. The molecule has 2 rings (SSSR count). The van der Waals surface area contributed by atoms with Crippen LogP contribution in [0, 0.1) is 20.8 Å². The molecule has 0 saturated carbocycles. The van der Waals surface area contributed by atoms with Crippen LogP contribution in [-0.2, 0) is 6.54 Å². The molecule has 2 aromatic heterocycles. The van der Waals surface area contributed by atoms with Gasteiger partial charge in [0.05, 0.1) is 12.2 Å². The maximum Gasteiger partial charge on any atom is 0.225 e. The van der Waals surface area contributed by atoms with Gasteiger partial charge in [-0.25, -0.2) is 4.98 Å². The molecule has 0 aliphatic heterocycles. The second-order valence-corrected chi connectivity index (χ2v) is 5.83. The van der Waals surface area contributed by atoms with Crippen LogP contribution in [0.1, 0.15) is 33.5 Å². The molecule has 2 aromatic rings. The lowest BCUT2D eigenvalue weighted by atomic mass is 10.1. The summed E-state index contributed by atoms with van der Waals surface area (Å²) in [4.78, 5) is 5.08. The van der Waals surface area contributed by atoms with E-state index in [1.807, 2.05) is 36.9 Å². The SMILES string of the molecule is Cc1cc(C)c(C[n+]2csc(C(O)CO)c2C)c(N)n1.[Cl-]. The highest BCUT2D eigenvalue weighted by Gasteiger charge is 2.22. The first kappa shape index (κ1) is 17.8. The minimum atomic E-state index is -0.823. The van der Waals surface area contributed by atoms with E-state index in [0.717, 1.165) is 27.4 Å². The quantitative estimate of drug-likeness (QED) is 0.568. The van der Waals surface area contributed by atoms with E-state index in [2.05, 4.69) is 4.98 Å². The molecule has 0 spiro atoms. The molecular formula is C14H20ClN3O2S. The van der Waals surface area contributed by atoms with E-state index in [4.69, 9.17) is 10.8 Å². The summed E-state index contributed by atoms with van der Waals surface area (Å²) in [6.07, 6.45) is -0.823. The minimum absolute atomic E-state index is 0. The van der Waals surface area contributed by atoms with E-state index in [9.17, 15) is 5.11 Å². The molecule has 21 heavy (non-hydrogen) atoms. The number of pyridine rings is 1. The van der Waals surface area contributed by atoms with Gasteiger partial charge < -0.3 is 28.4 Å². The summed E-state index contributed by atoms with van der Waals surface area (Å²) in [6, 6.07) is 2.01. The van der Waals surface area contributed by atoms with Crippen molar-refractivity contribution in [2.75, 3.05) is 12.3 Å². The number of thiazole rings is 1. The fourth-order valence-electron chi connectivity index (χ4n) is 2.25. The molecule has 0 radical (unpaired) electrons. The third-order valence-electron chi connectivity index (χ3n) is 3.41. The molecule has 2 heterocycles. The first-order chi connectivity index (χ1) is 9.43. The lowest BCUT2D eigenvalue weighted by molar-refractivity contribution is -0.689. The molecule has 5 nitrogen and oxygen atoms in total. The summed E-state index contributed by atoms with van der Waals surface area (Å²) in [6.45, 7) is 6.22. The number of nitrogens with zero attached hydrogens (tertiary/aromatic N) is 2. The zero-order chi connectivity index (χ0) is 14.9. The number of halogens is 1. The number of nitrogens with two attached hydrogens (primary N) is 1. The number of rotatable bonds is 4. The number of aliphatic hydroxyl groups is 2. The molecule has 4 N–H and O–H groups in total. The summed E-state index contributed by atoms with van der Waals surface area (Å²) in [5.74, 6) is 0.546. The zero-order valence-corrected chi connectivity index (χ0v) is 13.9. The second-order valence-electron chi connectivity index (χ2n) is 4.94. The van der Waals surface area contributed by atoms with Crippen LogP contribution in [0.3, 0.4) is 0 Å². The average Bonchev–Trinajstić information content (AvgIpc) is 2.74. The number of aryl methyl sites for hydroxylation is 2. The summed E-state index contributed by atoms with van der Waals surface area (Å²) in [7, 11) is 0. The van der Waals surface area contributed by atoms with E-state index >= 15 is 0 Å². The van der Waals surface area contributed by atoms with Crippen molar-refractivity contribution in [1.29, 1.82) is 0 Å². The fraction of sp³-hybridized carbons (Fsp3) is 0.429. The van der Waals surface area contributed by atoms with Gasteiger partial charge in [-0.05, 0) is 25.5 Å². The van der Waals surface area contributed by atoms with Gasteiger partial charge in [0.15, 0.2) is 12.2 Å². The highest BCUT2D eigenvalue weighted by molar-refractivity contribution is 7.09. The summed E-state index contributed by atoms with van der Waals surface area (Å²) >= 11 is 1.43. The lowest BCUT2D eigenvalue weighted by Crippen LogP contribution is -3.00. The van der Waals surface area contributed by atoms with Crippen molar-refractivity contribution < 1.29 is 27.2 Å². The van der Waals surface area contributed by atoms with Crippen molar-refractivity contribution >= 4 is 17.2 Å². The summed E-state index contributed by atoms with van der Waals surface area (Å²) < 4.78 is 2.02. The van der Waals surface area contributed by atoms with Gasteiger partial charge in [0.25, 0.3) is 0 Å². The Morgan fingerprint density at radius 1 is 1.38 bits per heavy atom. The number of hydrogen-bond acceptors (Lipinski definition) is 5. The van der Waals surface area contributed by atoms with Gasteiger partial charge >= 0.3 is 0 Å². The molecule has 0 saturated heterocycles. The zero-order valence-electron chi connectivity index (χ0n) is 12.3. The predicted octanol–water partition coefficient (Wildman–Crippen LogP) is -1.98. The topological polar surface area (TPSA) is 83.2 Å². The van der Waals surface area contributed by atoms with Gasteiger partial charge in [0, 0.05) is 12.6 Å². The van der Waals surface area contributed by atoms with Crippen molar-refractivity contribution in [2.24, 2.45) is 0 Å². The average molecular weight is 330 g/mol. The van der Waals surface area contributed by atoms with Crippen LogP contribution in [0.4, 0.5) is 5.82 Å². The first-order valence-corrected chi connectivity index (χ1v) is 7.31. The van der Waals surface area contributed by atoms with Crippen LogP contribution in [0.2, 0.25) is 0 Å². The molecule has 1 unspecified atom stereocenters. The van der Waals surface area contributed by atoms with Gasteiger partial charge in [-0.3, -0.25) is 0 Å². The van der Waals surface area contributed by atoms with Crippen molar-refractivity contribution in [3.05, 3.63) is 39.0 Å². The molecule has 7 heteroatoms. The molecule has 0 fully saturated rings. The van der Waals surface area contributed by atoms with E-state index in [1.165, 1.54) is 11.3 Å². The maximum atomic E-state index is 9.75. The molecular weight excluding hydrogens is 310 g/mol. The summed E-state index contributed by atoms with van der Waals surface area (Å²) in [5, 5.41) is 18.8. The number of aliphatic hydroxyl groups excluding tert-OH is 2. The van der Waals surface area contributed by atoms with Gasteiger partial charge in [0.2, 0.25) is 5.51 Å². The minimum Gasteiger partial charge on any atom is -1.00 e. The molecule has 116 valence electrons. The summed E-state index contributed by atoms with van der Waals surface area (Å²) in [5.41, 5.74) is 11.9. The Hall–Kier alpha value is -1.21. The number of aromatic nitrogens is 2. The van der Waals surface area contributed by atoms with Crippen LogP contribution in [0.5, 0.6) is 0 Å². The predicted molar refractivity (Wildman–Crippen MR) is 78.5 cm³/mol. The van der Waals surface area contributed by atoms with E-state index in [1.54, 1.807) is 0 Å². The van der Waals surface area contributed by atoms with Gasteiger partial charge in [0.1, 0.15) is 16.8 Å². The van der Waals surface area contributed by atoms with Crippen LogP contribution in [0.25, 0.3) is 0 Å². The Morgan fingerprint density at radius 3 is 2.62 bits per heavy atom. The Balaban J connectivity index is 0.00000220. The van der Waals surface area contributed by atoms with E-state index in [-0.39, 0.29) is 19.0 Å². The highest BCUT2D eigenvalue weighted by Crippen LogP contribution is 2.21. The molecule has 0 aromatic carbocycles. The van der Waals surface area contributed by atoms with Crippen LogP contribution >= 0.6 is 11.3 Å². The third kappa shape index (κ3) is 3.71.